The number of rotatable bonds is 2. The van der Waals surface area contributed by atoms with Gasteiger partial charge in [0.1, 0.15) is 22.6 Å². The summed E-state index contributed by atoms with van der Waals surface area (Å²) in [6.45, 7) is 9.15. The average Bonchev–Trinajstić information content (AvgIpc) is 3.08. The second-order valence-corrected chi connectivity index (χ2v) is 8.84. The summed E-state index contributed by atoms with van der Waals surface area (Å²) in [6.07, 6.45) is 4.27. The lowest BCUT2D eigenvalue weighted by Gasteiger charge is -2.44. The van der Waals surface area contributed by atoms with Gasteiger partial charge in [0, 0.05) is 49.8 Å². The van der Waals surface area contributed by atoms with Crippen LogP contribution in [0.5, 0.6) is 5.75 Å². The maximum absolute atomic E-state index is 12.5. The SMILES string of the molecule is CCn1c(C(N)=O)cc2c1-c1ccncc1OC21CCN(C(=O)OC(C)(C)C)CC1. The number of amides is 2. The first-order valence-electron chi connectivity index (χ1n) is 10.3. The lowest BCUT2D eigenvalue weighted by atomic mass is 9.81. The van der Waals surface area contributed by atoms with Crippen molar-refractivity contribution in [2.75, 3.05) is 13.1 Å². The molecule has 0 atom stereocenters. The number of ether oxygens (including phenoxy) is 2. The molecular weight excluding hydrogens is 384 g/mol. The van der Waals surface area contributed by atoms with E-state index in [9.17, 15) is 9.59 Å². The third-order valence-electron chi connectivity index (χ3n) is 5.72. The molecular formula is C22H28N4O4. The molecule has 2 aliphatic heterocycles. The Morgan fingerprint density at radius 2 is 2.00 bits per heavy atom. The molecule has 2 aliphatic rings. The monoisotopic (exact) mass is 412 g/mol. The van der Waals surface area contributed by atoms with E-state index in [0.717, 1.165) is 16.8 Å². The van der Waals surface area contributed by atoms with Crippen LogP contribution in [0.1, 0.15) is 56.6 Å². The molecule has 0 bridgehead atoms. The Balaban J connectivity index is 1.72. The summed E-state index contributed by atoms with van der Waals surface area (Å²) in [6, 6.07) is 3.75. The number of piperidine rings is 1. The van der Waals surface area contributed by atoms with Crippen LogP contribution >= 0.6 is 0 Å². The second-order valence-electron chi connectivity index (χ2n) is 8.84. The molecule has 8 nitrogen and oxygen atoms in total. The smallest absolute Gasteiger partial charge is 0.410 e. The highest BCUT2D eigenvalue weighted by molar-refractivity contribution is 5.94. The van der Waals surface area contributed by atoms with Gasteiger partial charge in [-0.3, -0.25) is 9.78 Å². The molecule has 30 heavy (non-hydrogen) atoms. The largest absolute Gasteiger partial charge is 0.480 e. The fourth-order valence-corrected chi connectivity index (χ4v) is 4.39. The van der Waals surface area contributed by atoms with E-state index in [1.54, 1.807) is 17.3 Å². The van der Waals surface area contributed by atoms with Gasteiger partial charge < -0.3 is 24.7 Å². The van der Waals surface area contributed by atoms with Crippen LogP contribution in [0, 0.1) is 0 Å². The zero-order chi connectivity index (χ0) is 21.7. The van der Waals surface area contributed by atoms with E-state index in [1.165, 1.54) is 0 Å². The Kier molecular flexibility index (Phi) is 4.75. The Hall–Kier alpha value is -3.03. The zero-order valence-corrected chi connectivity index (χ0v) is 17.9. The third kappa shape index (κ3) is 3.30. The van der Waals surface area contributed by atoms with Crippen molar-refractivity contribution >= 4 is 12.0 Å². The minimum absolute atomic E-state index is 0.320. The quantitative estimate of drug-likeness (QED) is 0.816. The molecule has 1 fully saturated rings. The highest BCUT2D eigenvalue weighted by atomic mass is 16.6. The first kappa shape index (κ1) is 20.3. The van der Waals surface area contributed by atoms with Crippen LogP contribution in [-0.4, -0.2) is 45.1 Å². The van der Waals surface area contributed by atoms with Crippen molar-refractivity contribution in [3.63, 3.8) is 0 Å². The number of primary amides is 1. The number of aromatic nitrogens is 2. The number of hydrogen-bond donors (Lipinski definition) is 1. The molecule has 2 amide bonds. The van der Waals surface area contributed by atoms with Gasteiger partial charge in [-0.25, -0.2) is 4.79 Å². The summed E-state index contributed by atoms with van der Waals surface area (Å²) in [4.78, 5) is 30.6. The molecule has 160 valence electrons. The summed E-state index contributed by atoms with van der Waals surface area (Å²) in [5, 5.41) is 0. The number of carbonyl (C=O) groups excluding carboxylic acids is 2. The van der Waals surface area contributed by atoms with E-state index < -0.39 is 17.1 Å². The minimum Gasteiger partial charge on any atom is -0.480 e. The molecule has 0 radical (unpaired) electrons. The van der Waals surface area contributed by atoms with E-state index >= 15 is 0 Å². The summed E-state index contributed by atoms with van der Waals surface area (Å²) < 4.78 is 14.0. The number of nitrogens with two attached hydrogens (primary N) is 1. The summed E-state index contributed by atoms with van der Waals surface area (Å²) in [5.74, 6) is 0.211. The predicted molar refractivity (Wildman–Crippen MR) is 111 cm³/mol. The topological polar surface area (TPSA) is 99.7 Å². The highest BCUT2D eigenvalue weighted by Gasteiger charge is 2.47. The fourth-order valence-electron chi connectivity index (χ4n) is 4.39. The molecule has 8 heteroatoms. The molecule has 0 aromatic carbocycles. The Bertz CT molecular complexity index is 997. The van der Waals surface area contributed by atoms with Crippen molar-refractivity contribution < 1.29 is 19.1 Å². The second kappa shape index (κ2) is 7.04. The molecule has 2 aromatic rings. The van der Waals surface area contributed by atoms with Crippen molar-refractivity contribution in [1.29, 1.82) is 0 Å². The number of fused-ring (bicyclic) bond motifs is 4. The number of pyridine rings is 1. The van der Waals surface area contributed by atoms with Crippen molar-refractivity contribution in [3.8, 4) is 17.0 Å². The molecule has 0 saturated carbocycles. The Morgan fingerprint density at radius 3 is 2.60 bits per heavy atom. The molecule has 0 unspecified atom stereocenters. The molecule has 1 spiro atoms. The van der Waals surface area contributed by atoms with Crippen molar-refractivity contribution in [1.82, 2.24) is 14.5 Å². The Morgan fingerprint density at radius 1 is 1.30 bits per heavy atom. The van der Waals surface area contributed by atoms with E-state index in [1.807, 2.05) is 44.4 Å². The van der Waals surface area contributed by atoms with Gasteiger partial charge in [0.15, 0.2) is 0 Å². The van der Waals surface area contributed by atoms with Gasteiger partial charge in [-0.1, -0.05) is 0 Å². The first-order chi connectivity index (χ1) is 14.1. The maximum Gasteiger partial charge on any atom is 0.410 e. The molecule has 4 rings (SSSR count). The first-order valence-corrected chi connectivity index (χ1v) is 10.3. The predicted octanol–water partition coefficient (Wildman–Crippen LogP) is 3.29. The van der Waals surface area contributed by atoms with Gasteiger partial charge in [0.25, 0.3) is 5.91 Å². The van der Waals surface area contributed by atoms with Crippen LogP contribution in [0.15, 0.2) is 24.5 Å². The zero-order valence-electron chi connectivity index (χ0n) is 17.9. The van der Waals surface area contributed by atoms with E-state index in [4.69, 9.17) is 15.2 Å². The summed E-state index contributed by atoms with van der Waals surface area (Å²) in [7, 11) is 0. The Labute approximate surface area is 176 Å². The molecule has 0 aliphatic carbocycles. The number of nitrogens with zero attached hydrogens (tertiary/aromatic N) is 3. The van der Waals surface area contributed by atoms with Crippen LogP contribution in [0.2, 0.25) is 0 Å². The van der Waals surface area contributed by atoms with E-state index in [0.29, 0.717) is 43.9 Å². The molecule has 1 saturated heterocycles. The van der Waals surface area contributed by atoms with Gasteiger partial charge in [-0.15, -0.1) is 0 Å². The number of carbonyl (C=O) groups is 2. The van der Waals surface area contributed by atoms with Gasteiger partial charge >= 0.3 is 6.09 Å². The lowest BCUT2D eigenvalue weighted by molar-refractivity contribution is -0.0218. The van der Waals surface area contributed by atoms with Gasteiger partial charge in [-0.2, -0.15) is 0 Å². The van der Waals surface area contributed by atoms with E-state index in [-0.39, 0.29) is 6.09 Å². The standard InChI is InChI=1S/C22H28N4O4/c1-5-26-16(19(23)27)12-15-18(26)14-6-9-24-13-17(14)29-22(15)7-10-25(11-8-22)20(28)30-21(2,3)4/h6,9,12-13H,5,7-8,10-11H2,1-4H3,(H2,23,27). The maximum atomic E-state index is 12.5. The van der Waals surface area contributed by atoms with E-state index in [2.05, 4.69) is 4.98 Å². The average molecular weight is 412 g/mol. The van der Waals surface area contributed by atoms with Crippen LogP contribution in [0.4, 0.5) is 4.79 Å². The minimum atomic E-state index is -0.644. The molecule has 2 aromatic heterocycles. The number of likely N-dealkylation sites (tertiary alicyclic amines) is 1. The summed E-state index contributed by atoms with van der Waals surface area (Å²) >= 11 is 0. The van der Waals surface area contributed by atoms with Gasteiger partial charge in [-0.05, 0) is 39.8 Å². The van der Waals surface area contributed by atoms with Crippen LogP contribution < -0.4 is 10.5 Å². The fraction of sp³-hybridized carbons (Fsp3) is 0.500. The molecule has 4 heterocycles. The van der Waals surface area contributed by atoms with Crippen molar-refractivity contribution in [2.24, 2.45) is 5.73 Å². The van der Waals surface area contributed by atoms with Gasteiger partial charge in [0.05, 0.1) is 11.9 Å². The highest BCUT2D eigenvalue weighted by Crippen LogP contribution is 2.50. The number of hydrogen-bond acceptors (Lipinski definition) is 5. The lowest BCUT2D eigenvalue weighted by Crippen LogP contribution is -2.50. The van der Waals surface area contributed by atoms with Crippen molar-refractivity contribution in [3.05, 3.63) is 35.8 Å². The van der Waals surface area contributed by atoms with Crippen LogP contribution in [-0.2, 0) is 16.9 Å². The molecule has 2 N–H and O–H groups in total. The van der Waals surface area contributed by atoms with Crippen LogP contribution in [0.25, 0.3) is 11.3 Å². The van der Waals surface area contributed by atoms with Crippen molar-refractivity contribution in [2.45, 2.75) is 58.3 Å². The third-order valence-corrected chi connectivity index (χ3v) is 5.72. The van der Waals surface area contributed by atoms with Gasteiger partial charge in [0.2, 0.25) is 0 Å². The summed E-state index contributed by atoms with van der Waals surface area (Å²) in [5.41, 5.74) is 7.74. The van der Waals surface area contributed by atoms with Crippen LogP contribution in [0.3, 0.4) is 0 Å². The normalized spacial score (nSPS) is 17.1.